The monoisotopic (exact) mass is 434 g/mol. The van der Waals surface area contributed by atoms with E-state index in [0.29, 0.717) is 6.17 Å². The van der Waals surface area contributed by atoms with Gasteiger partial charge in [0.1, 0.15) is 6.17 Å². The van der Waals surface area contributed by atoms with Crippen LogP contribution in [0.15, 0.2) is 12.4 Å². The lowest BCUT2D eigenvalue weighted by Gasteiger charge is -2.33. The highest BCUT2D eigenvalue weighted by molar-refractivity contribution is 4.97. The molecule has 1 unspecified atom stereocenters. The summed E-state index contributed by atoms with van der Waals surface area (Å²) in [5, 5.41) is 0. The quantitative estimate of drug-likeness (QED) is 0.148. The summed E-state index contributed by atoms with van der Waals surface area (Å²) < 4.78 is 0. The lowest BCUT2D eigenvalue weighted by atomic mass is 10.1. The second-order valence-electron chi connectivity index (χ2n) is 10.1. The maximum Gasteiger partial charge on any atom is 0.101 e. The molecule has 0 aromatic carbocycles. The van der Waals surface area contributed by atoms with E-state index in [1.165, 1.54) is 148 Å². The van der Waals surface area contributed by atoms with Crippen molar-refractivity contribution in [1.82, 2.24) is 9.80 Å². The van der Waals surface area contributed by atoms with Crippen LogP contribution < -0.4 is 0 Å². The minimum absolute atomic E-state index is 0.645. The third-order valence-electron chi connectivity index (χ3n) is 7.07. The van der Waals surface area contributed by atoms with E-state index in [2.05, 4.69) is 43.0 Å². The van der Waals surface area contributed by atoms with Crippen molar-refractivity contribution < 1.29 is 0 Å². The molecule has 0 N–H and O–H groups in total. The maximum absolute atomic E-state index is 2.68. The van der Waals surface area contributed by atoms with E-state index in [4.69, 9.17) is 0 Å². The topological polar surface area (TPSA) is 6.48 Å². The molecule has 0 amide bonds. The summed E-state index contributed by atoms with van der Waals surface area (Å²) in [6, 6.07) is 0. The van der Waals surface area contributed by atoms with Crippen LogP contribution in [0.2, 0.25) is 0 Å². The first-order valence-corrected chi connectivity index (χ1v) is 14.5. The van der Waals surface area contributed by atoms with Crippen LogP contribution in [-0.4, -0.2) is 29.1 Å². The molecule has 1 aliphatic rings. The Morgan fingerprint density at radius 2 is 0.742 bits per heavy atom. The smallest absolute Gasteiger partial charge is 0.101 e. The molecule has 0 radical (unpaired) electrons. The average Bonchev–Trinajstić information content (AvgIpc) is 3.16. The van der Waals surface area contributed by atoms with Gasteiger partial charge in [0, 0.05) is 25.5 Å². The molecule has 0 saturated heterocycles. The molecule has 0 aromatic rings. The van der Waals surface area contributed by atoms with Gasteiger partial charge in [-0.2, -0.15) is 0 Å². The molecule has 0 spiro atoms. The van der Waals surface area contributed by atoms with E-state index in [1.807, 2.05) is 0 Å². The normalized spacial score (nSPS) is 16.0. The zero-order valence-electron chi connectivity index (χ0n) is 21.9. The molecule has 0 fully saturated rings. The Balaban J connectivity index is 2.28. The Kier molecular flexibility index (Phi) is 19.4. The SMILES string of the molecule is CCCCCCCCCCN1C=CN(CCCCCCCC)C1CCCCCCCC. The highest BCUT2D eigenvalue weighted by Gasteiger charge is 2.24. The van der Waals surface area contributed by atoms with Gasteiger partial charge in [0.2, 0.25) is 0 Å². The summed E-state index contributed by atoms with van der Waals surface area (Å²) >= 11 is 0. The summed E-state index contributed by atoms with van der Waals surface area (Å²) in [5.41, 5.74) is 0. The van der Waals surface area contributed by atoms with Crippen molar-refractivity contribution in [3.63, 3.8) is 0 Å². The molecule has 184 valence electrons. The van der Waals surface area contributed by atoms with Crippen LogP contribution in [0.25, 0.3) is 0 Å². The molecule has 1 rings (SSSR count). The van der Waals surface area contributed by atoms with Crippen LogP contribution in [0.4, 0.5) is 0 Å². The van der Waals surface area contributed by atoms with E-state index in [0.717, 1.165) is 0 Å². The molecule has 2 heteroatoms. The van der Waals surface area contributed by atoms with Gasteiger partial charge < -0.3 is 9.80 Å². The average molecular weight is 435 g/mol. The minimum atomic E-state index is 0.645. The van der Waals surface area contributed by atoms with Crippen LogP contribution in [-0.2, 0) is 0 Å². The molecule has 0 bridgehead atoms. The van der Waals surface area contributed by atoms with Crippen LogP contribution in [0, 0.1) is 0 Å². The maximum atomic E-state index is 2.68. The van der Waals surface area contributed by atoms with Crippen molar-refractivity contribution in [2.24, 2.45) is 0 Å². The third-order valence-corrected chi connectivity index (χ3v) is 7.07. The van der Waals surface area contributed by atoms with Crippen LogP contribution in [0.5, 0.6) is 0 Å². The first-order chi connectivity index (χ1) is 15.3. The fourth-order valence-corrected chi connectivity index (χ4v) is 4.95. The standard InChI is InChI=1S/C29H58N2/c1-4-7-10-13-16-17-20-23-26-31-28-27-30(25-22-19-15-12-9-6-3)29(31)24-21-18-14-11-8-5-2/h27-29H,4-26H2,1-3H3. The molecular weight excluding hydrogens is 376 g/mol. The summed E-state index contributed by atoms with van der Waals surface area (Å²) in [4.78, 5) is 5.36. The Bertz CT molecular complexity index is 392. The Hall–Kier alpha value is -0.660. The highest BCUT2D eigenvalue weighted by atomic mass is 15.4. The second kappa shape index (κ2) is 21.2. The number of hydrogen-bond acceptors (Lipinski definition) is 2. The van der Waals surface area contributed by atoms with E-state index in [9.17, 15) is 0 Å². The van der Waals surface area contributed by atoms with Gasteiger partial charge >= 0.3 is 0 Å². The Labute approximate surface area is 197 Å². The van der Waals surface area contributed by atoms with E-state index in [-0.39, 0.29) is 0 Å². The van der Waals surface area contributed by atoms with Gasteiger partial charge in [0.25, 0.3) is 0 Å². The minimum Gasteiger partial charge on any atom is -0.356 e. The van der Waals surface area contributed by atoms with Gasteiger partial charge in [-0.15, -0.1) is 0 Å². The molecule has 0 aliphatic carbocycles. The Morgan fingerprint density at radius 1 is 0.419 bits per heavy atom. The lowest BCUT2D eigenvalue weighted by Crippen LogP contribution is -2.39. The van der Waals surface area contributed by atoms with Gasteiger partial charge in [0.05, 0.1) is 0 Å². The van der Waals surface area contributed by atoms with Crippen molar-refractivity contribution in [1.29, 1.82) is 0 Å². The predicted molar refractivity (Wildman–Crippen MR) is 140 cm³/mol. The van der Waals surface area contributed by atoms with Crippen molar-refractivity contribution in [2.75, 3.05) is 13.1 Å². The number of nitrogens with zero attached hydrogens (tertiary/aromatic N) is 2. The van der Waals surface area contributed by atoms with Gasteiger partial charge in [-0.05, 0) is 25.7 Å². The third kappa shape index (κ3) is 14.9. The van der Waals surface area contributed by atoms with Crippen molar-refractivity contribution in [2.45, 2.75) is 162 Å². The molecular formula is C29H58N2. The molecule has 1 atom stereocenters. The predicted octanol–water partition coefficient (Wildman–Crippen LogP) is 9.65. The number of rotatable bonds is 23. The summed E-state index contributed by atoms with van der Waals surface area (Å²) in [6.45, 7) is 9.45. The second-order valence-corrected chi connectivity index (χ2v) is 10.1. The molecule has 2 nitrogen and oxygen atoms in total. The van der Waals surface area contributed by atoms with Gasteiger partial charge in [-0.3, -0.25) is 0 Å². The van der Waals surface area contributed by atoms with Crippen molar-refractivity contribution in [3.8, 4) is 0 Å². The highest BCUT2D eigenvalue weighted by Crippen LogP contribution is 2.23. The first-order valence-electron chi connectivity index (χ1n) is 14.5. The van der Waals surface area contributed by atoms with Crippen molar-refractivity contribution >= 4 is 0 Å². The summed E-state index contributed by atoms with van der Waals surface area (Å²) in [5.74, 6) is 0. The largest absolute Gasteiger partial charge is 0.356 e. The van der Waals surface area contributed by atoms with E-state index >= 15 is 0 Å². The van der Waals surface area contributed by atoms with E-state index < -0.39 is 0 Å². The fourth-order valence-electron chi connectivity index (χ4n) is 4.95. The molecule has 1 aliphatic heterocycles. The van der Waals surface area contributed by atoms with Gasteiger partial charge in [-0.1, -0.05) is 130 Å². The summed E-state index contributed by atoms with van der Waals surface area (Å²) in [7, 11) is 0. The number of hydrogen-bond donors (Lipinski definition) is 0. The fraction of sp³-hybridized carbons (Fsp3) is 0.931. The zero-order valence-corrected chi connectivity index (χ0v) is 21.9. The number of unbranched alkanes of at least 4 members (excludes halogenated alkanes) is 17. The van der Waals surface area contributed by atoms with Gasteiger partial charge in [0.15, 0.2) is 0 Å². The van der Waals surface area contributed by atoms with Crippen LogP contribution >= 0.6 is 0 Å². The molecule has 31 heavy (non-hydrogen) atoms. The molecule has 0 aromatic heterocycles. The Morgan fingerprint density at radius 3 is 1.13 bits per heavy atom. The molecule has 1 heterocycles. The van der Waals surface area contributed by atoms with Crippen LogP contribution in [0.1, 0.15) is 156 Å². The summed E-state index contributed by atoms with van der Waals surface area (Å²) in [6.07, 6.45) is 35.0. The lowest BCUT2D eigenvalue weighted by molar-refractivity contribution is 0.135. The van der Waals surface area contributed by atoms with Gasteiger partial charge in [-0.25, -0.2) is 0 Å². The molecule has 0 saturated carbocycles. The van der Waals surface area contributed by atoms with Crippen LogP contribution in [0.3, 0.4) is 0 Å². The van der Waals surface area contributed by atoms with E-state index in [1.54, 1.807) is 0 Å². The van der Waals surface area contributed by atoms with Crippen molar-refractivity contribution in [3.05, 3.63) is 12.4 Å². The first kappa shape index (κ1) is 28.4. The zero-order chi connectivity index (χ0) is 22.4.